The van der Waals surface area contributed by atoms with Crippen molar-refractivity contribution in [3.63, 3.8) is 0 Å². The Morgan fingerprint density at radius 3 is 2.82 bits per heavy atom. The summed E-state index contributed by atoms with van der Waals surface area (Å²) in [4.78, 5) is 24.2. The van der Waals surface area contributed by atoms with Gasteiger partial charge in [-0.25, -0.2) is 9.07 Å². The summed E-state index contributed by atoms with van der Waals surface area (Å²) in [6.07, 6.45) is 1.53. The van der Waals surface area contributed by atoms with Gasteiger partial charge in [-0.1, -0.05) is 24.3 Å². The number of benzene rings is 2. The van der Waals surface area contributed by atoms with Crippen LogP contribution in [0, 0.1) is 5.82 Å². The third kappa shape index (κ3) is 2.85. The molecule has 0 saturated heterocycles. The van der Waals surface area contributed by atoms with Gasteiger partial charge >= 0.3 is 0 Å². The Labute approximate surface area is 125 Å². The molecule has 1 heterocycles. The highest BCUT2D eigenvalue weighted by Gasteiger charge is 2.09. The lowest BCUT2D eigenvalue weighted by Gasteiger charge is -2.07. The third-order valence-electron chi connectivity index (χ3n) is 3.16. The van der Waals surface area contributed by atoms with Gasteiger partial charge in [0.15, 0.2) is 0 Å². The van der Waals surface area contributed by atoms with Crippen LogP contribution in [0.3, 0.4) is 0 Å². The van der Waals surface area contributed by atoms with Crippen LogP contribution in [0.15, 0.2) is 59.5 Å². The SMILES string of the molecule is O=C(Cn1ncc2ccccc2c1=O)Nc1cccc(F)c1. The minimum absolute atomic E-state index is 0.236. The lowest BCUT2D eigenvalue weighted by atomic mass is 10.2. The van der Waals surface area contributed by atoms with Crippen LogP contribution in [0.2, 0.25) is 0 Å². The van der Waals surface area contributed by atoms with Gasteiger partial charge in [-0.2, -0.15) is 5.10 Å². The fourth-order valence-corrected chi connectivity index (χ4v) is 2.14. The number of hydrogen-bond acceptors (Lipinski definition) is 3. The number of nitrogens with one attached hydrogen (secondary N) is 1. The number of anilines is 1. The lowest BCUT2D eigenvalue weighted by Crippen LogP contribution is -2.29. The van der Waals surface area contributed by atoms with E-state index in [1.165, 1.54) is 24.4 Å². The molecule has 1 N–H and O–H groups in total. The zero-order valence-electron chi connectivity index (χ0n) is 11.5. The van der Waals surface area contributed by atoms with Crippen molar-refractivity contribution in [1.29, 1.82) is 0 Å². The Hall–Kier alpha value is -3.02. The first kappa shape index (κ1) is 13.9. The zero-order chi connectivity index (χ0) is 15.5. The van der Waals surface area contributed by atoms with Crippen LogP contribution in [0.4, 0.5) is 10.1 Å². The Morgan fingerprint density at radius 2 is 2.00 bits per heavy atom. The summed E-state index contributed by atoms with van der Waals surface area (Å²) in [6.45, 7) is -0.236. The number of halogens is 1. The number of amides is 1. The van der Waals surface area contributed by atoms with Crippen LogP contribution in [-0.2, 0) is 11.3 Å². The van der Waals surface area contributed by atoms with E-state index in [1.54, 1.807) is 24.3 Å². The van der Waals surface area contributed by atoms with Gasteiger partial charge < -0.3 is 5.32 Å². The van der Waals surface area contributed by atoms with Gasteiger partial charge in [-0.15, -0.1) is 0 Å². The molecule has 3 rings (SSSR count). The molecule has 0 unspecified atom stereocenters. The molecule has 22 heavy (non-hydrogen) atoms. The molecular formula is C16H12FN3O2. The molecule has 0 aliphatic carbocycles. The number of nitrogens with zero attached hydrogens (tertiary/aromatic N) is 2. The van der Waals surface area contributed by atoms with Gasteiger partial charge in [0.05, 0.1) is 11.6 Å². The maximum Gasteiger partial charge on any atom is 0.275 e. The molecule has 0 fully saturated rings. The van der Waals surface area contributed by atoms with Crippen molar-refractivity contribution in [2.75, 3.05) is 5.32 Å². The smallest absolute Gasteiger partial charge is 0.275 e. The first-order valence-corrected chi connectivity index (χ1v) is 6.64. The first-order chi connectivity index (χ1) is 10.6. The van der Waals surface area contributed by atoms with Crippen LogP contribution in [-0.4, -0.2) is 15.7 Å². The van der Waals surface area contributed by atoms with Gasteiger partial charge in [0.1, 0.15) is 12.4 Å². The highest BCUT2D eigenvalue weighted by molar-refractivity contribution is 5.90. The number of aromatic nitrogens is 2. The van der Waals surface area contributed by atoms with E-state index in [4.69, 9.17) is 0 Å². The summed E-state index contributed by atoms with van der Waals surface area (Å²) in [5.41, 5.74) is -0.00803. The Bertz CT molecular complexity index is 905. The fraction of sp³-hybridized carbons (Fsp3) is 0.0625. The van der Waals surface area contributed by atoms with Gasteiger partial charge in [-0.3, -0.25) is 9.59 Å². The predicted octanol–water partition coefficient (Wildman–Crippen LogP) is 2.17. The highest BCUT2D eigenvalue weighted by atomic mass is 19.1. The number of rotatable bonds is 3. The molecule has 0 atom stereocenters. The second-order valence-electron chi connectivity index (χ2n) is 4.75. The Morgan fingerprint density at radius 1 is 1.18 bits per heavy atom. The number of carbonyl (C=O) groups is 1. The molecule has 110 valence electrons. The molecule has 3 aromatic rings. The maximum absolute atomic E-state index is 13.1. The molecular weight excluding hydrogens is 285 g/mol. The second-order valence-corrected chi connectivity index (χ2v) is 4.75. The summed E-state index contributed by atoms with van der Waals surface area (Å²) >= 11 is 0. The van der Waals surface area contributed by atoms with E-state index < -0.39 is 11.7 Å². The van der Waals surface area contributed by atoms with Crippen molar-refractivity contribution in [3.8, 4) is 0 Å². The van der Waals surface area contributed by atoms with E-state index in [1.807, 2.05) is 6.07 Å². The molecule has 0 spiro atoms. The summed E-state index contributed by atoms with van der Waals surface area (Å²) < 4.78 is 14.1. The summed E-state index contributed by atoms with van der Waals surface area (Å²) in [6, 6.07) is 12.6. The number of carbonyl (C=O) groups excluding carboxylic acids is 1. The van der Waals surface area contributed by atoms with Crippen LogP contribution in [0.5, 0.6) is 0 Å². The molecule has 2 aromatic carbocycles. The standard InChI is InChI=1S/C16H12FN3O2/c17-12-5-3-6-13(8-12)19-15(21)10-20-16(22)14-7-2-1-4-11(14)9-18-20/h1-9H,10H2,(H,19,21). The van der Waals surface area contributed by atoms with E-state index in [-0.39, 0.29) is 12.1 Å². The minimum Gasteiger partial charge on any atom is -0.324 e. The fourth-order valence-electron chi connectivity index (χ4n) is 2.14. The van der Waals surface area contributed by atoms with E-state index in [9.17, 15) is 14.0 Å². The average molecular weight is 297 g/mol. The minimum atomic E-state index is -0.449. The van der Waals surface area contributed by atoms with Gasteiger partial charge in [0.25, 0.3) is 5.56 Å². The van der Waals surface area contributed by atoms with Crippen molar-refractivity contribution in [2.24, 2.45) is 0 Å². The third-order valence-corrected chi connectivity index (χ3v) is 3.16. The quantitative estimate of drug-likeness (QED) is 0.806. The molecule has 0 saturated carbocycles. The molecule has 1 aromatic heterocycles. The van der Waals surface area contributed by atoms with Crippen molar-refractivity contribution in [3.05, 3.63) is 70.9 Å². The van der Waals surface area contributed by atoms with Gasteiger partial charge in [0, 0.05) is 11.1 Å². The second kappa shape index (κ2) is 5.77. The Kier molecular flexibility index (Phi) is 3.65. The van der Waals surface area contributed by atoms with Crippen molar-refractivity contribution in [1.82, 2.24) is 9.78 Å². The van der Waals surface area contributed by atoms with E-state index in [0.29, 0.717) is 16.5 Å². The maximum atomic E-state index is 13.1. The molecule has 0 radical (unpaired) electrons. The van der Waals surface area contributed by atoms with Crippen LogP contribution >= 0.6 is 0 Å². The van der Waals surface area contributed by atoms with E-state index in [0.717, 1.165) is 4.68 Å². The van der Waals surface area contributed by atoms with Crippen molar-refractivity contribution < 1.29 is 9.18 Å². The largest absolute Gasteiger partial charge is 0.324 e. The molecule has 0 bridgehead atoms. The summed E-state index contributed by atoms with van der Waals surface area (Å²) in [5.74, 6) is -0.894. The van der Waals surface area contributed by atoms with Gasteiger partial charge in [0.2, 0.25) is 5.91 Å². The lowest BCUT2D eigenvalue weighted by molar-refractivity contribution is -0.117. The Balaban J connectivity index is 1.82. The van der Waals surface area contributed by atoms with Crippen molar-refractivity contribution in [2.45, 2.75) is 6.54 Å². The predicted molar refractivity (Wildman–Crippen MR) is 81.0 cm³/mol. The monoisotopic (exact) mass is 297 g/mol. The van der Waals surface area contributed by atoms with Gasteiger partial charge in [-0.05, 0) is 24.3 Å². The van der Waals surface area contributed by atoms with Crippen molar-refractivity contribution >= 4 is 22.4 Å². The number of hydrogen-bond donors (Lipinski definition) is 1. The summed E-state index contributed by atoms with van der Waals surface area (Å²) in [7, 11) is 0. The molecule has 5 nitrogen and oxygen atoms in total. The van der Waals surface area contributed by atoms with Crippen LogP contribution in [0.1, 0.15) is 0 Å². The molecule has 6 heteroatoms. The van der Waals surface area contributed by atoms with Crippen LogP contribution in [0.25, 0.3) is 10.8 Å². The molecule has 0 aliphatic heterocycles. The first-order valence-electron chi connectivity index (χ1n) is 6.64. The molecule has 0 aliphatic rings. The average Bonchev–Trinajstić information content (AvgIpc) is 2.50. The zero-order valence-corrected chi connectivity index (χ0v) is 11.5. The summed E-state index contributed by atoms with van der Waals surface area (Å²) in [5, 5.41) is 7.72. The normalized spacial score (nSPS) is 10.6. The van der Waals surface area contributed by atoms with E-state index in [2.05, 4.69) is 10.4 Å². The van der Waals surface area contributed by atoms with Crippen LogP contribution < -0.4 is 10.9 Å². The number of fused-ring (bicyclic) bond motifs is 1. The highest BCUT2D eigenvalue weighted by Crippen LogP contribution is 2.09. The van der Waals surface area contributed by atoms with E-state index >= 15 is 0 Å². The molecule has 1 amide bonds. The topological polar surface area (TPSA) is 64.0 Å².